The van der Waals surface area contributed by atoms with Crippen LogP contribution < -0.4 is 5.43 Å². The van der Waals surface area contributed by atoms with Crippen LogP contribution in [0.1, 0.15) is 11.1 Å². The number of nitrogens with one attached hydrogen (secondary N) is 2. The normalized spacial score (nSPS) is 11.9. The van der Waals surface area contributed by atoms with Gasteiger partial charge in [-0.3, -0.25) is 4.79 Å². The Kier molecular flexibility index (Phi) is 5.72. The average Bonchev–Trinajstić information content (AvgIpc) is 3.29. The summed E-state index contributed by atoms with van der Waals surface area (Å²) in [6.07, 6.45) is 2.03. The fraction of sp³-hybridized carbons (Fsp3) is 0.0370. The Morgan fingerprint density at radius 3 is 2.39 bits per heavy atom. The number of benzene rings is 4. The van der Waals surface area contributed by atoms with E-state index in [1.54, 1.807) is 0 Å². The first kappa shape index (κ1) is 20.3. The highest BCUT2D eigenvalue weighted by atomic mass is 16.2. The first-order valence-corrected chi connectivity index (χ1v) is 10.6. The van der Waals surface area contributed by atoms with Crippen LogP contribution in [0.4, 0.5) is 5.69 Å². The molecule has 0 saturated carbocycles. The Morgan fingerprint density at radius 2 is 1.52 bits per heavy atom. The van der Waals surface area contributed by atoms with Crippen molar-refractivity contribution in [3.63, 3.8) is 0 Å². The minimum absolute atomic E-state index is 0.210. The molecule has 0 fully saturated rings. The van der Waals surface area contributed by atoms with Crippen LogP contribution in [-0.2, 0) is 11.2 Å². The molecule has 4 aromatic carbocycles. The van der Waals surface area contributed by atoms with E-state index in [4.69, 9.17) is 0 Å². The van der Waals surface area contributed by atoms with Gasteiger partial charge < -0.3 is 4.98 Å². The van der Waals surface area contributed by atoms with Crippen molar-refractivity contribution in [3.05, 3.63) is 114 Å². The molecule has 1 aromatic heterocycles. The number of hydrogen-bond donors (Lipinski definition) is 2. The highest BCUT2D eigenvalue weighted by Gasteiger charge is 2.12. The van der Waals surface area contributed by atoms with Crippen molar-refractivity contribution in [1.82, 2.24) is 10.4 Å². The van der Waals surface area contributed by atoms with E-state index in [9.17, 15) is 4.79 Å². The molecule has 2 N–H and O–H groups in total. The van der Waals surface area contributed by atoms with E-state index in [-0.39, 0.29) is 12.3 Å². The van der Waals surface area contributed by atoms with Crippen LogP contribution in [0.15, 0.2) is 119 Å². The second-order valence-corrected chi connectivity index (χ2v) is 7.57. The van der Waals surface area contributed by atoms with Gasteiger partial charge in [0.1, 0.15) is 0 Å². The summed E-state index contributed by atoms with van der Waals surface area (Å²) >= 11 is 0. The lowest BCUT2D eigenvalue weighted by Gasteiger charge is -2.06. The molecule has 0 unspecified atom stereocenters. The van der Waals surface area contributed by atoms with Gasteiger partial charge >= 0.3 is 0 Å². The topological polar surface area (TPSA) is 82.0 Å². The third-order valence-corrected chi connectivity index (χ3v) is 5.36. The van der Waals surface area contributed by atoms with Crippen molar-refractivity contribution in [2.45, 2.75) is 6.42 Å². The lowest BCUT2D eigenvalue weighted by molar-refractivity contribution is -0.120. The molecular formula is C27H21N5O. The Morgan fingerprint density at radius 1 is 0.788 bits per heavy atom. The Labute approximate surface area is 190 Å². The fourth-order valence-corrected chi connectivity index (χ4v) is 3.77. The van der Waals surface area contributed by atoms with E-state index in [0.29, 0.717) is 11.5 Å². The maximum atomic E-state index is 12.8. The molecule has 1 heterocycles. The minimum Gasteiger partial charge on any atom is -0.360 e. The van der Waals surface area contributed by atoms with E-state index in [2.05, 4.69) is 25.7 Å². The maximum Gasteiger partial charge on any atom is 0.244 e. The lowest BCUT2D eigenvalue weighted by atomic mass is 10.0. The summed E-state index contributed by atoms with van der Waals surface area (Å²) < 4.78 is 0. The van der Waals surface area contributed by atoms with E-state index in [0.717, 1.165) is 32.8 Å². The molecule has 1 amide bonds. The number of hydrogen-bond acceptors (Lipinski definition) is 3. The summed E-state index contributed by atoms with van der Waals surface area (Å²) in [5.41, 5.74) is 6.03. The first-order valence-electron chi connectivity index (χ1n) is 10.6. The number of carbonyl (C=O) groups is 1. The Bertz CT molecular complexity index is 1480. The number of amidine groups is 1. The molecule has 0 saturated heterocycles. The molecule has 0 aliphatic heterocycles. The van der Waals surface area contributed by atoms with Gasteiger partial charge in [0.15, 0.2) is 0 Å². The minimum atomic E-state index is -0.224. The number of aromatic amines is 1. The molecule has 6 nitrogen and oxygen atoms in total. The quantitative estimate of drug-likeness (QED) is 0.149. The highest BCUT2D eigenvalue weighted by Crippen LogP contribution is 2.21. The number of para-hydroxylation sites is 1. The molecule has 0 radical (unpaired) electrons. The van der Waals surface area contributed by atoms with Gasteiger partial charge in [-0.25, -0.2) is 5.43 Å². The highest BCUT2D eigenvalue weighted by molar-refractivity contribution is 6.10. The number of H-pyrrole nitrogens is 1. The van der Waals surface area contributed by atoms with E-state index in [1.165, 1.54) is 0 Å². The van der Waals surface area contributed by atoms with E-state index >= 15 is 0 Å². The van der Waals surface area contributed by atoms with Crippen molar-refractivity contribution in [3.8, 4) is 0 Å². The fourth-order valence-electron chi connectivity index (χ4n) is 3.77. The van der Waals surface area contributed by atoms with Crippen molar-refractivity contribution >= 4 is 39.1 Å². The van der Waals surface area contributed by atoms with Crippen LogP contribution in [0.5, 0.6) is 0 Å². The summed E-state index contributed by atoms with van der Waals surface area (Å²) in [6.45, 7) is 0. The number of fused-ring (bicyclic) bond motifs is 2. The van der Waals surface area contributed by atoms with Gasteiger partial charge in [0, 0.05) is 22.7 Å². The molecule has 0 aliphatic carbocycles. The van der Waals surface area contributed by atoms with Gasteiger partial charge in [-0.15, -0.1) is 10.2 Å². The molecule has 160 valence electrons. The standard InChI is InChI=1S/C27H21N5O/c33-26(17-20-11-8-10-19-9-4-5-14-22(19)20)30-32-27(31-29-21-12-2-1-3-13-21)24-18-28-25-16-7-6-15-23(24)25/h1-16,18,28H,17H2,(H,30,33)/b31-29?,32-27+. The van der Waals surface area contributed by atoms with Crippen LogP contribution in [0.25, 0.3) is 21.7 Å². The SMILES string of the molecule is O=C(Cc1cccc2ccccc12)N/N=C(/N=Nc1ccccc1)c1c[nH]c2ccccc12. The van der Waals surface area contributed by atoms with E-state index in [1.807, 2.05) is 103 Å². The number of amides is 1. The van der Waals surface area contributed by atoms with E-state index < -0.39 is 0 Å². The second kappa shape index (κ2) is 9.28. The zero-order chi connectivity index (χ0) is 22.5. The number of nitrogens with zero attached hydrogens (tertiary/aromatic N) is 3. The third-order valence-electron chi connectivity index (χ3n) is 5.36. The van der Waals surface area contributed by atoms with Crippen molar-refractivity contribution in [2.24, 2.45) is 15.3 Å². The Balaban J connectivity index is 1.44. The molecule has 0 atom stereocenters. The van der Waals surface area contributed by atoms with Crippen LogP contribution in [0, 0.1) is 0 Å². The largest absolute Gasteiger partial charge is 0.360 e. The van der Waals surface area contributed by atoms with Gasteiger partial charge in [-0.2, -0.15) is 5.10 Å². The summed E-state index contributed by atoms with van der Waals surface area (Å²) in [7, 11) is 0. The third kappa shape index (κ3) is 4.55. The van der Waals surface area contributed by atoms with Crippen LogP contribution in [0.3, 0.4) is 0 Å². The summed E-state index contributed by atoms with van der Waals surface area (Å²) in [6, 6.07) is 31.2. The number of carbonyl (C=O) groups excluding carboxylic acids is 1. The molecule has 6 heteroatoms. The second-order valence-electron chi connectivity index (χ2n) is 7.57. The first-order chi connectivity index (χ1) is 16.3. The van der Waals surface area contributed by atoms with Gasteiger partial charge in [0.25, 0.3) is 0 Å². The molecular weight excluding hydrogens is 410 g/mol. The van der Waals surface area contributed by atoms with Gasteiger partial charge in [0.2, 0.25) is 11.7 Å². The molecule has 33 heavy (non-hydrogen) atoms. The monoisotopic (exact) mass is 431 g/mol. The van der Waals surface area contributed by atoms with Crippen LogP contribution in [-0.4, -0.2) is 16.7 Å². The summed E-state index contributed by atoms with van der Waals surface area (Å²) in [4.78, 5) is 16.0. The number of hydrazone groups is 1. The predicted octanol–water partition coefficient (Wildman–Crippen LogP) is 6.13. The van der Waals surface area contributed by atoms with Crippen molar-refractivity contribution < 1.29 is 4.79 Å². The lowest BCUT2D eigenvalue weighted by Crippen LogP contribution is -2.21. The summed E-state index contributed by atoms with van der Waals surface area (Å²) in [5, 5.41) is 16.1. The van der Waals surface area contributed by atoms with Gasteiger partial charge in [0.05, 0.1) is 12.1 Å². The molecule has 0 bridgehead atoms. The van der Waals surface area contributed by atoms with Crippen LogP contribution in [0.2, 0.25) is 0 Å². The van der Waals surface area contributed by atoms with Gasteiger partial charge in [-0.05, 0) is 34.5 Å². The van der Waals surface area contributed by atoms with Crippen LogP contribution >= 0.6 is 0 Å². The van der Waals surface area contributed by atoms with Gasteiger partial charge in [-0.1, -0.05) is 78.9 Å². The number of aromatic nitrogens is 1. The predicted molar refractivity (Wildman–Crippen MR) is 132 cm³/mol. The molecule has 0 spiro atoms. The zero-order valence-corrected chi connectivity index (χ0v) is 17.8. The molecule has 0 aliphatic rings. The maximum absolute atomic E-state index is 12.8. The van der Waals surface area contributed by atoms with Crippen molar-refractivity contribution in [2.75, 3.05) is 0 Å². The smallest absolute Gasteiger partial charge is 0.244 e. The zero-order valence-electron chi connectivity index (χ0n) is 17.8. The average molecular weight is 431 g/mol. The van der Waals surface area contributed by atoms with Crippen molar-refractivity contribution in [1.29, 1.82) is 0 Å². The molecule has 5 aromatic rings. The number of rotatable bonds is 5. The Hall–Kier alpha value is -4.58. The summed E-state index contributed by atoms with van der Waals surface area (Å²) in [5.74, 6) is 0.0983. The molecule has 5 rings (SSSR count). The number of azo groups is 1.